The van der Waals surface area contributed by atoms with Gasteiger partial charge >= 0.3 is 6.18 Å². The zero-order valence-electron chi connectivity index (χ0n) is 10.5. The van der Waals surface area contributed by atoms with Crippen molar-refractivity contribution in [2.45, 2.75) is 6.18 Å². The van der Waals surface area contributed by atoms with Crippen LogP contribution < -0.4 is 5.32 Å². The minimum Gasteiger partial charge on any atom is -0.321 e. The molecule has 7 heteroatoms. The van der Waals surface area contributed by atoms with Crippen LogP contribution in [0.25, 0.3) is 0 Å². The quantitative estimate of drug-likeness (QED) is 0.923. The number of alkyl halides is 3. The number of halogens is 3. The van der Waals surface area contributed by atoms with Crippen LogP contribution in [0.1, 0.15) is 21.6 Å². The van der Waals surface area contributed by atoms with Gasteiger partial charge in [-0.2, -0.15) is 18.4 Å². The number of nitrogens with one attached hydrogen (secondary N) is 1. The molecule has 1 aromatic heterocycles. The maximum absolute atomic E-state index is 12.3. The number of anilines is 1. The molecule has 1 N–H and O–H groups in total. The first-order valence-electron chi connectivity index (χ1n) is 5.75. The van der Waals surface area contributed by atoms with Crippen molar-refractivity contribution in [1.29, 1.82) is 5.26 Å². The van der Waals surface area contributed by atoms with Crippen molar-refractivity contribution in [1.82, 2.24) is 4.98 Å². The second kappa shape index (κ2) is 5.63. The number of benzene rings is 1. The van der Waals surface area contributed by atoms with E-state index in [1.807, 2.05) is 6.07 Å². The molecule has 0 saturated carbocycles. The highest BCUT2D eigenvalue weighted by Crippen LogP contribution is 2.27. The number of amides is 1. The Hall–Kier alpha value is -2.88. The van der Waals surface area contributed by atoms with E-state index in [4.69, 9.17) is 5.26 Å². The van der Waals surface area contributed by atoms with Gasteiger partial charge in [0.15, 0.2) is 0 Å². The van der Waals surface area contributed by atoms with Crippen LogP contribution in [0.3, 0.4) is 0 Å². The molecule has 0 radical (unpaired) electrons. The molecule has 0 aliphatic rings. The molecule has 106 valence electrons. The molecule has 0 saturated heterocycles. The van der Waals surface area contributed by atoms with Crippen molar-refractivity contribution in [2.24, 2.45) is 0 Å². The third kappa shape index (κ3) is 3.57. The first-order chi connectivity index (χ1) is 9.90. The third-order valence-corrected chi connectivity index (χ3v) is 2.57. The van der Waals surface area contributed by atoms with Crippen LogP contribution in [0.2, 0.25) is 0 Å². The van der Waals surface area contributed by atoms with Gasteiger partial charge in [-0.15, -0.1) is 0 Å². The van der Waals surface area contributed by atoms with Crippen molar-refractivity contribution in [3.63, 3.8) is 0 Å². The van der Waals surface area contributed by atoms with E-state index >= 15 is 0 Å². The predicted molar refractivity (Wildman–Crippen MR) is 68.3 cm³/mol. The number of hydrogen-bond donors (Lipinski definition) is 1. The fraction of sp³-hybridized carbons (Fsp3) is 0.0714. The van der Waals surface area contributed by atoms with Crippen LogP contribution >= 0.6 is 0 Å². The Kier molecular flexibility index (Phi) is 3.89. The van der Waals surface area contributed by atoms with Crippen LogP contribution in [0.15, 0.2) is 42.6 Å². The highest BCUT2D eigenvalue weighted by Gasteiger charge is 2.32. The molecular formula is C14H8F3N3O. The Labute approximate surface area is 117 Å². The number of nitriles is 1. The topological polar surface area (TPSA) is 65.8 Å². The molecule has 0 bridgehead atoms. The summed E-state index contributed by atoms with van der Waals surface area (Å²) in [7, 11) is 0. The van der Waals surface area contributed by atoms with Gasteiger partial charge in [0.05, 0.1) is 23.5 Å². The van der Waals surface area contributed by atoms with E-state index in [0.29, 0.717) is 5.56 Å². The molecule has 0 spiro atoms. The number of pyridine rings is 1. The minimum absolute atomic E-state index is 0.135. The van der Waals surface area contributed by atoms with Crippen molar-refractivity contribution < 1.29 is 18.0 Å². The van der Waals surface area contributed by atoms with Gasteiger partial charge in [-0.25, -0.2) is 4.98 Å². The summed E-state index contributed by atoms with van der Waals surface area (Å²) in [5.41, 5.74) is -0.357. The van der Waals surface area contributed by atoms with Crippen molar-refractivity contribution in [3.8, 4) is 6.07 Å². The molecule has 0 fully saturated rings. The number of nitrogens with zero attached hydrogens (tertiary/aromatic N) is 2. The van der Waals surface area contributed by atoms with E-state index in [0.717, 1.165) is 18.3 Å². The summed E-state index contributed by atoms with van der Waals surface area (Å²) in [4.78, 5) is 15.1. The lowest BCUT2D eigenvalue weighted by Crippen LogP contribution is -2.13. The van der Waals surface area contributed by atoms with E-state index in [1.54, 1.807) is 6.07 Å². The number of carbonyl (C=O) groups is 1. The highest BCUT2D eigenvalue weighted by atomic mass is 19.4. The summed E-state index contributed by atoms with van der Waals surface area (Å²) in [6.45, 7) is 0. The van der Waals surface area contributed by atoms with E-state index in [1.165, 1.54) is 18.2 Å². The molecule has 21 heavy (non-hydrogen) atoms. The van der Waals surface area contributed by atoms with Gasteiger partial charge < -0.3 is 5.32 Å². The fourth-order valence-corrected chi connectivity index (χ4v) is 1.57. The summed E-state index contributed by atoms with van der Waals surface area (Å²) in [5.74, 6) is -0.534. The summed E-state index contributed by atoms with van der Waals surface area (Å²) in [6.07, 6.45) is -3.60. The van der Waals surface area contributed by atoms with Crippen LogP contribution in [0.4, 0.5) is 18.9 Å². The van der Waals surface area contributed by atoms with Gasteiger partial charge in [0.25, 0.3) is 5.91 Å². The van der Waals surface area contributed by atoms with E-state index in [9.17, 15) is 18.0 Å². The number of carbonyl (C=O) groups excluding carboxylic acids is 1. The Balaban J connectivity index is 2.14. The lowest BCUT2D eigenvalue weighted by atomic mass is 10.1. The summed E-state index contributed by atoms with van der Waals surface area (Å²) in [6, 6.07) is 9.74. The third-order valence-electron chi connectivity index (χ3n) is 2.57. The normalized spacial score (nSPS) is 10.8. The number of hydrogen-bond acceptors (Lipinski definition) is 3. The van der Waals surface area contributed by atoms with Gasteiger partial charge in [-0.1, -0.05) is 6.07 Å². The maximum Gasteiger partial charge on any atom is 0.433 e. The zero-order valence-corrected chi connectivity index (χ0v) is 10.5. The summed E-state index contributed by atoms with van der Waals surface area (Å²) < 4.78 is 37.0. The molecule has 4 nitrogen and oxygen atoms in total. The van der Waals surface area contributed by atoms with Gasteiger partial charge in [0, 0.05) is 5.56 Å². The second-order valence-corrected chi connectivity index (χ2v) is 4.08. The fourth-order valence-electron chi connectivity index (χ4n) is 1.57. The van der Waals surface area contributed by atoms with E-state index in [-0.39, 0.29) is 11.3 Å². The molecule has 0 atom stereocenters. The standard InChI is InChI=1S/C14H8F3N3O/c15-14(16,17)12-5-4-11(8-19-12)20-13(21)10-3-1-2-9(6-10)7-18/h1-6,8H,(H,20,21). The average Bonchev–Trinajstić information content (AvgIpc) is 2.47. The Morgan fingerprint density at radius 3 is 2.57 bits per heavy atom. The molecule has 0 aliphatic heterocycles. The summed E-state index contributed by atoms with van der Waals surface area (Å²) >= 11 is 0. The average molecular weight is 291 g/mol. The molecule has 1 aromatic carbocycles. The molecule has 2 aromatic rings. The largest absolute Gasteiger partial charge is 0.433 e. The predicted octanol–water partition coefficient (Wildman–Crippen LogP) is 3.22. The first kappa shape index (κ1) is 14.5. The summed E-state index contributed by atoms with van der Waals surface area (Å²) in [5, 5.41) is 11.2. The highest BCUT2D eigenvalue weighted by molar-refractivity contribution is 6.04. The van der Waals surface area contributed by atoms with Crippen molar-refractivity contribution in [2.75, 3.05) is 5.32 Å². The first-order valence-corrected chi connectivity index (χ1v) is 5.75. The minimum atomic E-state index is -4.52. The Morgan fingerprint density at radius 2 is 2.00 bits per heavy atom. The molecule has 2 rings (SSSR count). The van der Waals surface area contributed by atoms with E-state index < -0.39 is 17.8 Å². The molecule has 1 heterocycles. The zero-order chi connectivity index (χ0) is 15.5. The van der Waals surface area contributed by atoms with Crippen LogP contribution in [0.5, 0.6) is 0 Å². The van der Waals surface area contributed by atoms with Gasteiger partial charge in [0.1, 0.15) is 5.69 Å². The van der Waals surface area contributed by atoms with Crippen LogP contribution in [0, 0.1) is 11.3 Å². The number of rotatable bonds is 2. The lowest BCUT2D eigenvalue weighted by molar-refractivity contribution is -0.141. The molecule has 0 unspecified atom stereocenters. The Bertz CT molecular complexity index is 703. The van der Waals surface area contributed by atoms with E-state index in [2.05, 4.69) is 10.3 Å². The Morgan fingerprint density at radius 1 is 1.24 bits per heavy atom. The molecular weight excluding hydrogens is 283 g/mol. The van der Waals surface area contributed by atoms with Gasteiger partial charge in [0.2, 0.25) is 0 Å². The van der Waals surface area contributed by atoms with Crippen LogP contribution in [-0.4, -0.2) is 10.9 Å². The smallest absolute Gasteiger partial charge is 0.321 e. The van der Waals surface area contributed by atoms with Crippen molar-refractivity contribution >= 4 is 11.6 Å². The lowest BCUT2D eigenvalue weighted by Gasteiger charge is -2.08. The SMILES string of the molecule is N#Cc1cccc(C(=O)Nc2ccc(C(F)(F)F)nc2)c1. The van der Waals surface area contributed by atoms with Crippen molar-refractivity contribution in [3.05, 3.63) is 59.4 Å². The van der Waals surface area contributed by atoms with Gasteiger partial charge in [-0.3, -0.25) is 4.79 Å². The van der Waals surface area contributed by atoms with Crippen LogP contribution in [-0.2, 0) is 6.18 Å². The second-order valence-electron chi connectivity index (χ2n) is 4.08. The monoisotopic (exact) mass is 291 g/mol. The maximum atomic E-state index is 12.3. The molecule has 1 amide bonds. The number of aromatic nitrogens is 1. The molecule has 0 aliphatic carbocycles. The van der Waals surface area contributed by atoms with Gasteiger partial charge in [-0.05, 0) is 30.3 Å².